The minimum absolute atomic E-state index is 0.0175. The highest BCUT2D eigenvalue weighted by Gasteiger charge is 2.26. The summed E-state index contributed by atoms with van der Waals surface area (Å²) >= 11 is 0. The monoisotopic (exact) mass is 445 g/mol. The van der Waals surface area contributed by atoms with Gasteiger partial charge >= 0.3 is 0 Å². The van der Waals surface area contributed by atoms with E-state index in [1.54, 1.807) is 12.1 Å². The van der Waals surface area contributed by atoms with Gasteiger partial charge in [-0.05, 0) is 48.9 Å². The van der Waals surface area contributed by atoms with Crippen LogP contribution in [-0.2, 0) is 16.9 Å². The second-order valence-electron chi connectivity index (χ2n) is 7.55. The summed E-state index contributed by atoms with van der Waals surface area (Å²) in [4.78, 5) is 23.9. The third kappa shape index (κ3) is 3.14. The van der Waals surface area contributed by atoms with Gasteiger partial charge in [-0.3, -0.25) is 9.36 Å². The fourth-order valence-corrected chi connectivity index (χ4v) is 5.34. The highest BCUT2D eigenvalue weighted by atomic mass is 32.2. The van der Waals surface area contributed by atoms with Gasteiger partial charge in [-0.15, -0.1) is 0 Å². The van der Waals surface area contributed by atoms with Crippen molar-refractivity contribution in [2.24, 2.45) is 7.05 Å². The first kappa shape index (κ1) is 20.0. The lowest BCUT2D eigenvalue weighted by atomic mass is 10.2. The summed E-state index contributed by atoms with van der Waals surface area (Å²) in [6.07, 6.45) is 4.63. The fourth-order valence-electron chi connectivity index (χ4n) is 3.81. The van der Waals surface area contributed by atoms with Crippen LogP contribution in [-0.4, -0.2) is 27.9 Å². The van der Waals surface area contributed by atoms with Crippen molar-refractivity contribution in [1.82, 2.24) is 19.5 Å². The number of nitrogens with zero attached hydrogens (tertiary/aromatic N) is 3. The number of pyridine rings is 1. The van der Waals surface area contributed by atoms with E-state index in [0.717, 1.165) is 22.2 Å². The minimum atomic E-state index is -4.15. The highest BCUT2D eigenvalue weighted by molar-refractivity contribution is 7.91. The van der Waals surface area contributed by atoms with Crippen LogP contribution in [0.4, 0.5) is 11.4 Å². The molecule has 8 nitrogen and oxygen atoms in total. The van der Waals surface area contributed by atoms with E-state index in [-0.39, 0.29) is 9.79 Å². The van der Waals surface area contributed by atoms with E-state index >= 15 is 0 Å². The molecule has 0 saturated carbocycles. The van der Waals surface area contributed by atoms with Crippen molar-refractivity contribution >= 4 is 43.1 Å². The first-order valence-corrected chi connectivity index (χ1v) is 11.3. The van der Waals surface area contributed by atoms with Gasteiger partial charge in [0.25, 0.3) is 5.56 Å². The van der Waals surface area contributed by atoms with Crippen LogP contribution in [0.15, 0.2) is 81.8 Å². The van der Waals surface area contributed by atoms with Gasteiger partial charge in [0.15, 0.2) is 0 Å². The van der Waals surface area contributed by atoms with Crippen molar-refractivity contribution in [2.45, 2.75) is 16.7 Å². The number of aromatic amines is 1. The Labute approximate surface area is 183 Å². The van der Waals surface area contributed by atoms with E-state index in [1.165, 1.54) is 36.3 Å². The summed E-state index contributed by atoms with van der Waals surface area (Å²) in [5.74, 6) is 0. The molecule has 9 heteroatoms. The molecule has 0 amide bonds. The lowest BCUT2D eigenvalue weighted by Crippen LogP contribution is -2.25. The Balaban J connectivity index is 1.70. The second-order valence-corrected chi connectivity index (χ2v) is 9.43. The molecule has 5 aromatic rings. The summed E-state index contributed by atoms with van der Waals surface area (Å²) < 4.78 is 28.6. The normalized spacial score (nSPS) is 11.8. The third-order valence-electron chi connectivity index (χ3n) is 5.42. The Hall–Kier alpha value is -3.98. The number of fused-ring (bicyclic) bond motifs is 2. The molecule has 2 N–H and O–H groups in total. The molecule has 160 valence electrons. The van der Waals surface area contributed by atoms with Gasteiger partial charge in [-0.2, -0.15) is 0 Å². The zero-order chi connectivity index (χ0) is 22.5. The van der Waals surface area contributed by atoms with E-state index in [0.29, 0.717) is 16.7 Å². The van der Waals surface area contributed by atoms with Crippen molar-refractivity contribution in [1.29, 1.82) is 0 Å². The number of hydrogen-bond acceptors (Lipinski definition) is 6. The number of sulfone groups is 1. The van der Waals surface area contributed by atoms with Gasteiger partial charge in [-0.1, -0.05) is 12.1 Å². The molecular weight excluding hydrogens is 426 g/mol. The van der Waals surface area contributed by atoms with Crippen LogP contribution in [0.2, 0.25) is 0 Å². The average Bonchev–Trinajstić information content (AvgIpc) is 3.26. The Morgan fingerprint density at radius 1 is 1.03 bits per heavy atom. The average molecular weight is 446 g/mol. The largest absolute Gasteiger partial charge is 0.361 e. The Morgan fingerprint density at radius 3 is 2.72 bits per heavy atom. The third-order valence-corrected chi connectivity index (χ3v) is 7.22. The van der Waals surface area contributed by atoms with E-state index < -0.39 is 15.4 Å². The van der Waals surface area contributed by atoms with Crippen molar-refractivity contribution in [3.63, 3.8) is 0 Å². The molecule has 0 saturated heterocycles. The topological polar surface area (TPSA) is 110 Å². The fraction of sp³-hybridized carbons (Fsp3) is 0.0870. The maximum atomic E-state index is 13.7. The van der Waals surface area contributed by atoms with Crippen LogP contribution in [0.25, 0.3) is 21.9 Å². The van der Waals surface area contributed by atoms with E-state index in [2.05, 4.69) is 20.3 Å². The first-order chi connectivity index (χ1) is 15.4. The summed E-state index contributed by atoms with van der Waals surface area (Å²) in [7, 11) is -2.65. The molecule has 0 bridgehead atoms. The zero-order valence-electron chi connectivity index (χ0n) is 17.3. The molecule has 3 heterocycles. The van der Waals surface area contributed by atoms with Gasteiger partial charge in [0.2, 0.25) is 9.84 Å². The molecule has 0 spiro atoms. The van der Waals surface area contributed by atoms with Gasteiger partial charge in [0.05, 0.1) is 10.6 Å². The van der Waals surface area contributed by atoms with Gasteiger partial charge in [0.1, 0.15) is 16.9 Å². The van der Waals surface area contributed by atoms with Crippen LogP contribution in [0.1, 0.15) is 5.56 Å². The summed E-state index contributed by atoms with van der Waals surface area (Å²) in [5, 5.41) is 4.65. The number of aromatic nitrogens is 4. The molecule has 0 aliphatic heterocycles. The number of rotatable bonds is 4. The minimum Gasteiger partial charge on any atom is -0.361 e. The molecule has 32 heavy (non-hydrogen) atoms. The SMILES string of the molecule is Cc1ccc(S(=O)(=O)c2cc3cncnc3n(C)c2=O)c(Nc2cccc3[nH]ccc23)c1. The molecule has 3 aromatic heterocycles. The van der Waals surface area contributed by atoms with Crippen LogP contribution in [0, 0.1) is 6.92 Å². The number of benzene rings is 2. The van der Waals surface area contributed by atoms with E-state index in [4.69, 9.17) is 0 Å². The van der Waals surface area contributed by atoms with E-state index in [9.17, 15) is 13.2 Å². The molecule has 0 aliphatic carbocycles. The van der Waals surface area contributed by atoms with Crippen LogP contribution >= 0.6 is 0 Å². The van der Waals surface area contributed by atoms with Crippen LogP contribution in [0.3, 0.4) is 0 Å². The maximum absolute atomic E-state index is 13.7. The van der Waals surface area contributed by atoms with Crippen molar-refractivity contribution in [2.75, 3.05) is 5.32 Å². The second kappa shape index (κ2) is 7.31. The zero-order valence-corrected chi connectivity index (χ0v) is 18.1. The standard InChI is InChI=1S/C23H19N5O3S/c1-14-6-7-20(19(10-14)27-18-5-3-4-17-16(18)8-9-25-17)32(30,31)21-11-15-12-24-13-26-22(15)28(2)23(21)29/h3-13,25,27H,1-2H3. The lowest BCUT2D eigenvalue weighted by molar-refractivity contribution is 0.594. The number of anilines is 2. The first-order valence-electron chi connectivity index (χ1n) is 9.85. The summed E-state index contributed by atoms with van der Waals surface area (Å²) in [5.41, 5.74) is 2.68. The molecule has 0 fully saturated rings. The van der Waals surface area contributed by atoms with E-state index in [1.807, 2.05) is 37.4 Å². The van der Waals surface area contributed by atoms with Crippen LogP contribution < -0.4 is 10.9 Å². The molecule has 0 unspecified atom stereocenters. The molecule has 5 rings (SSSR count). The quantitative estimate of drug-likeness (QED) is 0.437. The van der Waals surface area contributed by atoms with Gasteiger partial charge in [0, 0.05) is 41.4 Å². The molecular formula is C23H19N5O3S. The predicted octanol–water partition coefficient (Wildman–Crippen LogP) is 3.69. The number of H-pyrrole nitrogens is 1. The Morgan fingerprint density at radius 2 is 1.88 bits per heavy atom. The van der Waals surface area contributed by atoms with Crippen molar-refractivity contribution < 1.29 is 8.42 Å². The van der Waals surface area contributed by atoms with Gasteiger partial charge < -0.3 is 10.3 Å². The molecule has 0 aliphatic rings. The maximum Gasteiger partial charge on any atom is 0.271 e. The molecule has 0 atom stereocenters. The lowest BCUT2D eigenvalue weighted by Gasteiger charge is -2.15. The highest BCUT2D eigenvalue weighted by Crippen LogP contribution is 2.33. The van der Waals surface area contributed by atoms with Crippen molar-refractivity contribution in [3.8, 4) is 0 Å². The van der Waals surface area contributed by atoms with Gasteiger partial charge in [-0.25, -0.2) is 18.4 Å². The number of hydrogen-bond donors (Lipinski definition) is 2. The summed E-state index contributed by atoms with van der Waals surface area (Å²) in [6.45, 7) is 1.88. The number of aryl methyl sites for hydroxylation is 2. The van der Waals surface area contributed by atoms with Crippen LogP contribution in [0.5, 0.6) is 0 Å². The Kier molecular flexibility index (Phi) is 4.56. The predicted molar refractivity (Wildman–Crippen MR) is 123 cm³/mol. The molecule has 0 radical (unpaired) electrons. The smallest absolute Gasteiger partial charge is 0.271 e. The summed E-state index contributed by atoms with van der Waals surface area (Å²) in [6, 6.07) is 13.9. The molecule has 2 aromatic carbocycles. The van der Waals surface area contributed by atoms with Crippen molar-refractivity contribution in [3.05, 3.63) is 83.2 Å². The number of nitrogens with one attached hydrogen (secondary N) is 2. The Bertz CT molecular complexity index is 1670.